The Balaban J connectivity index is 1.55. The van der Waals surface area contributed by atoms with Crippen LogP contribution in [0, 0.1) is 5.92 Å². The number of rotatable bonds is 6. The number of hydrogen-bond acceptors (Lipinski definition) is 3. The molecule has 0 radical (unpaired) electrons. The summed E-state index contributed by atoms with van der Waals surface area (Å²) in [6.45, 7) is 0.316. The minimum Gasteiger partial charge on any atom is -0.493 e. The summed E-state index contributed by atoms with van der Waals surface area (Å²) in [5, 5.41) is 2.07. The number of aromatic nitrogens is 2. The third-order valence-electron chi connectivity index (χ3n) is 4.89. The Hall–Kier alpha value is -2.76. The van der Waals surface area contributed by atoms with Gasteiger partial charge in [-0.05, 0) is 54.0 Å². The Labute approximate surface area is 183 Å². The monoisotopic (exact) mass is 444 g/mol. The zero-order valence-electron chi connectivity index (χ0n) is 16.2. The van der Waals surface area contributed by atoms with E-state index in [9.17, 15) is 4.39 Å². The van der Waals surface area contributed by atoms with E-state index in [1.54, 1.807) is 37.6 Å². The normalized spacial score (nSPS) is 16.5. The van der Waals surface area contributed by atoms with E-state index in [0.717, 1.165) is 16.5 Å². The van der Waals surface area contributed by atoms with E-state index in [1.165, 1.54) is 6.08 Å². The van der Waals surface area contributed by atoms with Gasteiger partial charge in [-0.2, -0.15) is 0 Å². The van der Waals surface area contributed by atoms with Gasteiger partial charge in [-0.15, -0.1) is 0 Å². The lowest BCUT2D eigenvalue weighted by molar-refractivity contribution is 0.165. The van der Waals surface area contributed by atoms with Crippen LogP contribution < -0.4 is 0 Å². The molecule has 1 aliphatic rings. The van der Waals surface area contributed by atoms with Gasteiger partial charge >= 0.3 is 0 Å². The largest absolute Gasteiger partial charge is 0.493 e. The summed E-state index contributed by atoms with van der Waals surface area (Å²) in [7, 11) is 1.54. The van der Waals surface area contributed by atoms with Crippen molar-refractivity contribution in [3.63, 3.8) is 0 Å². The van der Waals surface area contributed by atoms with Crippen molar-refractivity contribution in [2.75, 3.05) is 7.11 Å². The second-order valence-electron chi connectivity index (χ2n) is 6.91. The van der Waals surface area contributed by atoms with E-state index in [-0.39, 0.29) is 5.83 Å². The maximum Gasteiger partial charge on any atom is 0.161 e. The summed E-state index contributed by atoms with van der Waals surface area (Å²) in [6, 6.07) is 9.18. The number of methoxy groups -OCH3 is 1. The van der Waals surface area contributed by atoms with Crippen LogP contribution in [0.4, 0.5) is 4.39 Å². The minimum absolute atomic E-state index is 0.279. The van der Waals surface area contributed by atoms with Crippen LogP contribution in [0.3, 0.4) is 0 Å². The summed E-state index contributed by atoms with van der Waals surface area (Å²) in [4.78, 5) is 7.36. The first-order valence-corrected chi connectivity index (χ1v) is 10.1. The standard InChI is InChI=1S/C23H19Cl2FN2O2/c1-29-22-9-15(8-16-11-27-23-19(16)10-18(25)12-28-23)20(26)6-7-21(22)30-13-14-2-4-17(24)5-3-14/h2-7,9-12,15H,8,13H2,1H3,(H,27,28). The van der Waals surface area contributed by atoms with E-state index in [0.29, 0.717) is 40.2 Å². The number of benzene rings is 1. The lowest BCUT2D eigenvalue weighted by Gasteiger charge is -2.14. The second kappa shape index (κ2) is 8.94. The molecular weight excluding hydrogens is 426 g/mol. The van der Waals surface area contributed by atoms with Gasteiger partial charge in [-0.3, -0.25) is 0 Å². The Bertz CT molecular complexity index is 1150. The molecular formula is C23H19Cl2FN2O2. The fourth-order valence-electron chi connectivity index (χ4n) is 3.33. The number of ether oxygens (including phenoxy) is 2. The fraction of sp³-hybridized carbons (Fsp3) is 0.174. The Morgan fingerprint density at radius 1 is 1.10 bits per heavy atom. The first-order valence-electron chi connectivity index (χ1n) is 9.36. The van der Waals surface area contributed by atoms with Gasteiger partial charge in [-0.25, -0.2) is 9.37 Å². The average molecular weight is 445 g/mol. The molecule has 0 fully saturated rings. The highest BCUT2D eigenvalue weighted by molar-refractivity contribution is 6.31. The van der Waals surface area contributed by atoms with Crippen molar-refractivity contribution in [3.8, 4) is 0 Å². The molecule has 0 spiro atoms. The van der Waals surface area contributed by atoms with Crippen LogP contribution in [0.15, 0.2) is 78.3 Å². The first kappa shape index (κ1) is 20.5. The van der Waals surface area contributed by atoms with Gasteiger partial charge in [0.05, 0.1) is 12.1 Å². The predicted molar refractivity (Wildman–Crippen MR) is 117 cm³/mol. The van der Waals surface area contributed by atoms with Crippen molar-refractivity contribution in [1.82, 2.24) is 9.97 Å². The van der Waals surface area contributed by atoms with Crippen molar-refractivity contribution in [1.29, 1.82) is 0 Å². The predicted octanol–water partition coefficient (Wildman–Crippen LogP) is 6.53. The molecule has 4 rings (SSSR count). The third kappa shape index (κ3) is 4.53. The molecule has 1 aliphatic carbocycles. The number of halogens is 3. The molecule has 1 unspecified atom stereocenters. The lowest BCUT2D eigenvalue weighted by atomic mass is 9.97. The highest BCUT2D eigenvalue weighted by atomic mass is 35.5. The number of nitrogens with zero attached hydrogens (tertiary/aromatic N) is 1. The number of aromatic amines is 1. The first-order chi connectivity index (χ1) is 14.5. The maximum absolute atomic E-state index is 14.9. The molecule has 2 aromatic heterocycles. The average Bonchev–Trinajstić information content (AvgIpc) is 3.06. The molecule has 1 N–H and O–H groups in total. The van der Waals surface area contributed by atoms with Gasteiger partial charge in [0.15, 0.2) is 11.5 Å². The summed E-state index contributed by atoms with van der Waals surface area (Å²) >= 11 is 12.0. The highest BCUT2D eigenvalue weighted by Gasteiger charge is 2.21. The van der Waals surface area contributed by atoms with E-state index in [1.807, 2.05) is 24.4 Å². The number of allylic oxidation sites excluding steroid dienone is 4. The van der Waals surface area contributed by atoms with Crippen molar-refractivity contribution < 1.29 is 13.9 Å². The van der Waals surface area contributed by atoms with Crippen molar-refractivity contribution >= 4 is 34.2 Å². The van der Waals surface area contributed by atoms with Crippen molar-refractivity contribution in [2.24, 2.45) is 5.92 Å². The Morgan fingerprint density at radius 2 is 1.90 bits per heavy atom. The maximum atomic E-state index is 14.9. The summed E-state index contributed by atoms with van der Waals surface area (Å²) < 4.78 is 26.3. The van der Waals surface area contributed by atoms with Crippen LogP contribution in [0.5, 0.6) is 0 Å². The molecule has 2 heterocycles. The molecule has 1 aromatic carbocycles. The zero-order valence-corrected chi connectivity index (χ0v) is 17.7. The smallest absolute Gasteiger partial charge is 0.161 e. The molecule has 30 heavy (non-hydrogen) atoms. The van der Waals surface area contributed by atoms with Gasteiger partial charge in [0.1, 0.15) is 18.1 Å². The van der Waals surface area contributed by atoms with Crippen molar-refractivity contribution in [3.05, 3.63) is 99.5 Å². The van der Waals surface area contributed by atoms with Gasteiger partial charge in [0.25, 0.3) is 0 Å². The van der Waals surface area contributed by atoms with Gasteiger partial charge in [0, 0.05) is 28.7 Å². The summed E-state index contributed by atoms with van der Waals surface area (Å²) in [5.41, 5.74) is 2.59. The number of H-pyrrole nitrogens is 1. The molecule has 0 amide bonds. The number of fused-ring (bicyclic) bond motifs is 1. The molecule has 0 bridgehead atoms. The van der Waals surface area contributed by atoms with Gasteiger partial charge in [0.2, 0.25) is 0 Å². The van der Waals surface area contributed by atoms with Gasteiger partial charge < -0.3 is 14.5 Å². The molecule has 1 atom stereocenters. The van der Waals surface area contributed by atoms with Crippen molar-refractivity contribution in [2.45, 2.75) is 13.0 Å². The molecule has 0 aliphatic heterocycles. The van der Waals surface area contributed by atoms with Gasteiger partial charge in [-0.1, -0.05) is 35.3 Å². The van der Waals surface area contributed by atoms with E-state index >= 15 is 0 Å². The number of hydrogen-bond donors (Lipinski definition) is 1. The Kier molecular flexibility index (Phi) is 6.11. The molecule has 0 saturated carbocycles. The Morgan fingerprint density at radius 3 is 2.67 bits per heavy atom. The summed E-state index contributed by atoms with van der Waals surface area (Å²) in [5.74, 6) is 0.160. The molecule has 3 aromatic rings. The molecule has 0 saturated heterocycles. The highest BCUT2D eigenvalue weighted by Crippen LogP contribution is 2.31. The third-order valence-corrected chi connectivity index (χ3v) is 5.35. The molecule has 4 nitrogen and oxygen atoms in total. The van der Waals surface area contributed by atoms with Crippen LogP contribution in [-0.2, 0) is 22.5 Å². The van der Waals surface area contributed by atoms with Crippen LogP contribution in [0.1, 0.15) is 11.1 Å². The number of pyridine rings is 1. The van der Waals surface area contributed by atoms with Crippen LogP contribution >= 0.6 is 23.2 Å². The van der Waals surface area contributed by atoms with E-state index in [2.05, 4.69) is 9.97 Å². The molecule has 154 valence electrons. The van der Waals surface area contributed by atoms with E-state index in [4.69, 9.17) is 32.7 Å². The van der Waals surface area contributed by atoms with Crippen LogP contribution in [-0.4, -0.2) is 17.1 Å². The molecule has 7 heteroatoms. The second-order valence-corrected chi connectivity index (χ2v) is 7.78. The minimum atomic E-state index is -0.509. The lowest BCUT2D eigenvalue weighted by Crippen LogP contribution is -2.05. The van der Waals surface area contributed by atoms with Crippen LogP contribution in [0.25, 0.3) is 11.0 Å². The topological polar surface area (TPSA) is 47.1 Å². The van der Waals surface area contributed by atoms with E-state index < -0.39 is 5.92 Å². The van der Waals surface area contributed by atoms with Crippen LogP contribution in [0.2, 0.25) is 10.0 Å². The summed E-state index contributed by atoms with van der Waals surface area (Å²) in [6.07, 6.45) is 8.59. The quantitative estimate of drug-likeness (QED) is 0.470. The number of nitrogens with one attached hydrogen (secondary N) is 1. The zero-order chi connectivity index (χ0) is 21.1. The SMILES string of the molecule is COC1=CC(Cc2c[nH]c3ncc(Cl)cc23)C(F)=CC=C1OCc1ccc(Cl)cc1. The fourth-order valence-corrected chi connectivity index (χ4v) is 3.61.